The summed E-state index contributed by atoms with van der Waals surface area (Å²) in [5.74, 6) is 0. The predicted molar refractivity (Wildman–Crippen MR) is 83.2 cm³/mol. The molecule has 2 nitrogen and oxygen atoms in total. The van der Waals surface area contributed by atoms with Crippen LogP contribution in [0.15, 0.2) is 41.2 Å². The third-order valence-electron chi connectivity index (χ3n) is 4.50. The van der Waals surface area contributed by atoms with Crippen LogP contribution in [-0.4, -0.2) is 14.2 Å². The van der Waals surface area contributed by atoms with Crippen molar-refractivity contribution < 1.29 is 29.4 Å². The molecule has 0 aliphatic heterocycles. The zero-order valence-electron chi connectivity index (χ0n) is 14.7. The Hall–Kier alpha value is -0.406. The van der Waals surface area contributed by atoms with Gasteiger partial charge in [0, 0.05) is 0 Å². The molecule has 0 radical (unpaired) electrons. The van der Waals surface area contributed by atoms with Crippen LogP contribution in [0.2, 0.25) is 0 Å². The van der Waals surface area contributed by atoms with Crippen molar-refractivity contribution in [2.75, 3.05) is 14.2 Å². The summed E-state index contributed by atoms with van der Waals surface area (Å²) >= 11 is -0.0443. The van der Waals surface area contributed by atoms with Crippen LogP contribution in [0.1, 0.15) is 54.4 Å². The van der Waals surface area contributed by atoms with Crippen molar-refractivity contribution in [2.24, 2.45) is 0 Å². The van der Waals surface area contributed by atoms with E-state index in [-0.39, 0.29) is 19.2 Å². The van der Waals surface area contributed by atoms with Crippen LogP contribution < -0.4 is 10.2 Å². The van der Waals surface area contributed by atoms with Crippen LogP contribution >= 0.6 is 0 Å². The van der Waals surface area contributed by atoms with E-state index in [1.54, 1.807) is 41.2 Å². The van der Waals surface area contributed by atoms with Gasteiger partial charge in [0.25, 0.3) is 0 Å². The second-order valence-electron chi connectivity index (χ2n) is 5.50. The summed E-state index contributed by atoms with van der Waals surface area (Å²) in [4.78, 5) is 0. The first-order valence-electron chi connectivity index (χ1n) is 7.23. The van der Waals surface area contributed by atoms with Crippen LogP contribution in [0.5, 0.6) is 0 Å². The Balaban J connectivity index is 0.000000921. The summed E-state index contributed by atoms with van der Waals surface area (Å²) < 4.78 is 3.55. The standard InChI is InChI=1S/2C8H11.2CH3O.Ti/c2*1-6-4-5-7(2)8(6)3;2*1-2;/h2*4H2,1-3H3;2*1H3;/q;;2*-1;+2. The normalized spacial score (nSPS) is 17.6. The first-order valence-corrected chi connectivity index (χ1v) is 8.79. The third kappa shape index (κ3) is 4.79. The van der Waals surface area contributed by atoms with Gasteiger partial charge in [-0.3, -0.25) is 0 Å². The minimum absolute atomic E-state index is 0.0443. The van der Waals surface area contributed by atoms with Crippen LogP contribution in [0.4, 0.5) is 0 Å². The number of allylic oxidation sites excluding steroid dienone is 8. The van der Waals surface area contributed by atoms with E-state index < -0.39 is 0 Å². The fraction of sp³-hybridized carbons (Fsp3) is 0.556. The van der Waals surface area contributed by atoms with Gasteiger partial charge in [-0.25, -0.2) is 0 Å². The Labute approximate surface area is 139 Å². The summed E-state index contributed by atoms with van der Waals surface area (Å²) in [7, 11) is 1.50. The maximum atomic E-state index is 8.25. The fourth-order valence-corrected chi connectivity index (χ4v) is 5.46. The van der Waals surface area contributed by atoms with Gasteiger partial charge in [-0.1, -0.05) is 0 Å². The topological polar surface area (TPSA) is 46.1 Å². The fourth-order valence-electron chi connectivity index (χ4n) is 2.61. The van der Waals surface area contributed by atoms with Crippen molar-refractivity contribution in [3.05, 3.63) is 41.2 Å². The Bertz CT molecular complexity index is 459. The summed E-state index contributed by atoms with van der Waals surface area (Å²) in [6.07, 6.45) is 2.51. The molecule has 0 aromatic carbocycles. The summed E-state index contributed by atoms with van der Waals surface area (Å²) in [5, 5.41) is 16.5. The third-order valence-corrected chi connectivity index (χ3v) is 7.16. The molecule has 0 bridgehead atoms. The first-order chi connectivity index (χ1) is 9.91. The largest absolute Gasteiger partial charge is 0.857 e. The molecule has 0 amide bonds. The molecule has 2 aliphatic carbocycles. The maximum Gasteiger partial charge on any atom is -0.153 e. The quantitative estimate of drug-likeness (QED) is 0.733. The van der Waals surface area contributed by atoms with Crippen LogP contribution in [0, 0.1) is 0 Å². The van der Waals surface area contributed by atoms with Gasteiger partial charge in [-0.05, 0) is 0 Å². The van der Waals surface area contributed by atoms with Crippen LogP contribution in [0.3, 0.4) is 0 Å². The molecule has 3 heteroatoms. The van der Waals surface area contributed by atoms with E-state index in [1.165, 1.54) is 12.8 Å². The molecule has 116 valence electrons. The second kappa shape index (κ2) is 9.58. The van der Waals surface area contributed by atoms with Crippen LogP contribution in [-0.2, 0) is 19.2 Å². The molecule has 0 heterocycles. The number of rotatable bonds is 2. The summed E-state index contributed by atoms with van der Waals surface area (Å²) in [6.45, 7) is 13.8. The number of hydrogen-bond donors (Lipinski definition) is 0. The molecule has 0 spiro atoms. The maximum absolute atomic E-state index is 8.25. The first kappa shape index (κ1) is 20.6. The Kier molecular flexibility index (Phi) is 9.39. The van der Waals surface area contributed by atoms with Gasteiger partial charge in [0.15, 0.2) is 0 Å². The van der Waals surface area contributed by atoms with E-state index in [9.17, 15) is 0 Å². The molecule has 2 aliphatic rings. The molecule has 0 unspecified atom stereocenters. The number of hydrogen-bond acceptors (Lipinski definition) is 2. The molecular weight excluding hydrogens is 296 g/mol. The monoisotopic (exact) mass is 324 g/mol. The molecule has 0 fully saturated rings. The molecule has 0 saturated heterocycles. The van der Waals surface area contributed by atoms with E-state index in [1.807, 2.05) is 0 Å². The Morgan fingerprint density at radius 1 is 0.571 bits per heavy atom. The van der Waals surface area contributed by atoms with E-state index >= 15 is 0 Å². The van der Waals surface area contributed by atoms with E-state index in [2.05, 4.69) is 41.5 Å². The average Bonchev–Trinajstić information content (AvgIpc) is 2.89. The van der Waals surface area contributed by atoms with Crippen molar-refractivity contribution in [2.45, 2.75) is 54.4 Å². The average molecular weight is 324 g/mol. The van der Waals surface area contributed by atoms with Crippen molar-refractivity contribution in [3.63, 3.8) is 0 Å². The molecular formula is C18H28O2Ti. The van der Waals surface area contributed by atoms with Gasteiger partial charge >= 0.3 is 115 Å². The summed E-state index contributed by atoms with van der Waals surface area (Å²) in [6, 6.07) is 0. The Morgan fingerprint density at radius 2 is 0.857 bits per heavy atom. The zero-order chi connectivity index (χ0) is 16.7. The minimum Gasteiger partial charge on any atom is -0.857 e. The molecule has 21 heavy (non-hydrogen) atoms. The zero-order valence-corrected chi connectivity index (χ0v) is 16.3. The van der Waals surface area contributed by atoms with Crippen molar-refractivity contribution in [3.8, 4) is 0 Å². The van der Waals surface area contributed by atoms with E-state index in [0.717, 1.165) is 14.2 Å². The van der Waals surface area contributed by atoms with E-state index in [0.29, 0.717) is 0 Å². The molecule has 0 saturated carbocycles. The summed E-state index contributed by atoms with van der Waals surface area (Å²) in [5.41, 5.74) is 9.51. The van der Waals surface area contributed by atoms with Gasteiger partial charge in [0.2, 0.25) is 0 Å². The molecule has 2 rings (SSSR count). The van der Waals surface area contributed by atoms with Crippen LogP contribution in [0.25, 0.3) is 0 Å². The molecule has 0 aromatic rings. The minimum atomic E-state index is -0.0443. The van der Waals surface area contributed by atoms with E-state index in [4.69, 9.17) is 10.2 Å². The van der Waals surface area contributed by atoms with Gasteiger partial charge in [0.05, 0.1) is 0 Å². The smallest absolute Gasteiger partial charge is 0.153 e. The van der Waals surface area contributed by atoms with Gasteiger partial charge in [0.1, 0.15) is 0 Å². The van der Waals surface area contributed by atoms with Gasteiger partial charge in [-0.2, -0.15) is 14.2 Å². The van der Waals surface area contributed by atoms with Gasteiger partial charge in [-0.15, -0.1) is 0 Å². The molecule has 0 atom stereocenters. The van der Waals surface area contributed by atoms with Gasteiger partial charge < -0.3 is 10.2 Å². The second-order valence-corrected chi connectivity index (χ2v) is 7.77. The predicted octanol–water partition coefficient (Wildman–Crippen LogP) is 3.05. The van der Waals surface area contributed by atoms with Crippen molar-refractivity contribution in [1.82, 2.24) is 0 Å². The SMILES string of the molecule is CC1=C(C)C(C)=[C]([Ti+2][C]2=C(C)C(C)=C(C)C2)C1.C[O-].C[O-]. The molecule has 0 N–H and O–H groups in total. The Morgan fingerprint density at radius 3 is 1.05 bits per heavy atom. The van der Waals surface area contributed by atoms with Crippen molar-refractivity contribution in [1.29, 1.82) is 0 Å². The van der Waals surface area contributed by atoms with Crippen molar-refractivity contribution >= 4 is 0 Å². The molecule has 0 aromatic heterocycles.